The Balaban J connectivity index is 2.31. The van der Waals surface area contributed by atoms with E-state index < -0.39 is 0 Å². The average Bonchev–Trinajstić information content (AvgIpc) is 2.29. The van der Waals surface area contributed by atoms with Crippen LogP contribution in [0.1, 0.15) is 46.5 Å². The number of hydrogen-bond acceptors (Lipinski definition) is 2. The molecule has 0 aromatic rings. The molecular weight excluding hydrogens is 216 g/mol. The zero-order valence-corrected chi connectivity index (χ0v) is 11.2. The van der Waals surface area contributed by atoms with E-state index in [0.29, 0.717) is 5.92 Å². The quantitative estimate of drug-likeness (QED) is 0.758. The lowest BCUT2D eigenvalue weighted by Crippen LogP contribution is -2.41. The van der Waals surface area contributed by atoms with Gasteiger partial charge in [0.25, 0.3) is 0 Å². The van der Waals surface area contributed by atoms with Crippen LogP contribution in [0.4, 0.5) is 0 Å². The van der Waals surface area contributed by atoms with E-state index in [1.165, 1.54) is 0 Å². The number of carbonyl (C=O) groups excluding carboxylic acids is 2. The van der Waals surface area contributed by atoms with Gasteiger partial charge in [-0.05, 0) is 32.1 Å². The van der Waals surface area contributed by atoms with Gasteiger partial charge in [0.2, 0.25) is 11.8 Å². The number of piperidine rings is 1. The SMILES string of the molecule is CCC(C)NC(=O)CC(=O)N1CCC(C)CC1. The molecule has 1 atom stereocenters. The van der Waals surface area contributed by atoms with Gasteiger partial charge in [-0.3, -0.25) is 9.59 Å². The molecule has 1 heterocycles. The maximum Gasteiger partial charge on any atom is 0.232 e. The molecular formula is C13H24N2O2. The standard InChI is InChI=1S/C13H24N2O2/c1-4-11(3)14-12(16)9-13(17)15-7-5-10(2)6-8-15/h10-11H,4-9H2,1-3H3,(H,14,16). The highest BCUT2D eigenvalue weighted by atomic mass is 16.2. The van der Waals surface area contributed by atoms with Crippen molar-refractivity contribution in [2.45, 2.75) is 52.5 Å². The summed E-state index contributed by atoms with van der Waals surface area (Å²) in [5.74, 6) is 0.522. The highest BCUT2D eigenvalue weighted by molar-refractivity contribution is 5.97. The predicted molar refractivity (Wildman–Crippen MR) is 67.5 cm³/mol. The second kappa shape index (κ2) is 6.62. The molecule has 2 amide bonds. The van der Waals surface area contributed by atoms with Crippen LogP contribution in [0.2, 0.25) is 0 Å². The Hall–Kier alpha value is -1.06. The van der Waals surface area contributed by atoms with Crippen LogP contribution in [0.3, 0.4) is 0 Å². The fourth-order valence-corrected chi connectivity index (χ4v) is 1.94. The van der Waals surface area contributed by atoms with Crippen LogP contribution in [0.25, 0.3) is 0 Å². The van der Waals surface area contributed by atoms with Gasteiger partial charge in [-0.2, -0.15) is 0 Å². The summed E-state index contributed by atoms with van der Waals surface area (Å²) in [5.41, 5.74) is 0. The monoisotopic (exact) mass is 240 g/mol. The van der Waals surface area contributed by atoms with E-state index in [4.69, 9.17) is 0 Å². The minimum Gasteiger partial charge on any atom is -0.353 e. The summed E-state index contributed by atoms with van der Waals surface area (Å²) in [5, 5.41) is 2.82. The van der Waals surface area contributed by atoms with E-state index in [1.54, 1.807) is 0 Å². The zero-order valence-electron chi connectivity index (χ0n) is 11.2. The lowest BCUT2D eigenvalue weighted by atomic mass is 9.99. The molecule has 1 N–H and O–H groups in total. The average molecular weight is 240 g/mol. The predicted octanol–water partition coefficient (Wildman–Crippen LogP) is 1.55. The van der Waals surface area contributed by atoms with Crippen LogP contribution < -0.4 is 5.32 Å². The third-order valence-corrected chi connectivity index (χ3v) is 3.47. The van der Waals surface area contributed by atoms with Gasteiger partial charge in [0.05, 0.1) is 0 Å². The van der Waals surface area contributed by atoms with Crippen molar-refractivity contribution in [2.24, 2.45) is 5.92 Å². The van der Waals surface area contributed by atoms with Crippen LogP contribution in [0, 0.1) is 5.92 Å². The topological polar surface area (TPSA) is 49.4 Å². The maximum absolute atomic E-state index is 11.9. The smallest absolute Gasteiger partial charge is 0.232 e. The van der Waals surface area contributed by atoms with Gasteiger partial charge >= 0.3 is 0 Å². The number of nitrogens with one attached hydrogen (secondary N) is 1. The van der Waals surface area contributed by atoms with Gasteiger partial charge < -0.3 is 10.2 Å². The number of hydrogen-bond donors (Lipinski definition) is 1. The second-order valence-corrected chi connectivity index (χ2v) is 5.12. The molecule has 4 nitrogen and oxygen atoms in total. The molecule has 0 aromatic heterocycles. The number of carbonyl (C=O) groups is 2. The van der Waals surface area contributed by atoms with Crippen molar-refractivity contribution >= 4 is 11.8 Å². The van der Waals surface area contributed by atoms with Crippen molar-refractivity contribution in [3.63, 3.8) is 0 Å². The number of likely N-dealkylation sites (tertiary alicyclic amines) is 1. The van der Waals surface area contributed by atoms with Crippen molar-refractivity contribution < 1.29 is 9.59 Å². The first-order valence-electron chi connectivity index (χ1n) is 6.60. The van der Waals surface area contributed by atoms with Gasteiger partial charge in [-0.25, -0.2) is 0 Å². The van der Waals surface area contributed by atoms with E-state index in [0.717, 1.165) is 32.4 Å². The molecule has 1 unspecified atom stereocenters. The molecule has 0 radical (unpaired) electrons. The Kier molecular flexibility index (Phi) is 5.45. The van der Waals surface area contributed by atoms with Gasteiger partial charge in [-0.1, -0.05) is 13.8 Å². The second-order valence-electron chi connectivity index (χ2n) is 5.12. The molecule has 1 fully saturated rings. The molecule has 1 aliphatic heterocycles. The molecule has 0 saturated carbocycles. The Morgan fingerprint density at radius 3 is 2.47 bits per heavy atom. The van der Waals surface area contributed by atoms with E-state index in [-0.39, 0.29) is 24.3 Å². The molecule has 98 valence electrons. The molecule has 0 bridgehead atoms. The van der Waals surface area contributed by atoms with Crippen molar-refractivity contribution in [1.82, 2.24) is 10.2 Å². The summed E-state index contributed by atoms with van der Waals surface area (Å²) in [6.45, 7) is 7.77. The van der Waals surface area contributed by atoms with E-state index >= 15 is 0 Å². The maximum atomic E-state index is 11.9. The molecule has 0 aromatic carbocycles. The minimum absolute atomic E-state index is 0.00127. The van der Waals surface area contributed by atoms with Crippen LogP contribution in [-0.2, 0) is 9.59 Å². The van der Waals surface area contributed by atoms with Crippen LogP contribution in [0.15, 0.2) is 0 Å². The molecule has 1 saturated heterocycles. The summed E-state index contributed by atoms with van der Waals surface area (Å²) in [4.78, 5) is 25.2. The van der Waals surface area contributed by atoms with Gasteiger partial charge in [-0.15, -0.1) is 0 Å². The van der Waals surface area contributed by atoms with E-state index in [2.05, 4.69) is 12.2 Å². The summed E-state index contributed by atoms with van der Waals surface area (Å²) in [7, 11) is 0. The highest BCUT2D eigenvalue weighted by Gasteiger charge is 2.22. The third-order valence-electron chi connectivity index (χ3n) is 3.47. The third kappa shape index (κ3) is 4.75. The Bertz CT molecular complexity index is 271. The summed E-state index contributed by atoms with van der Waals surface area (Å²) >= 11 is 0. The molecule has 17 heavy (non-hydrogen) atoms. The van der Waals surface area contributed by atoms with Crippen molar-refractivity contribution in [1.29, 1.82) is 0 Å². The largest absolute Gasteiger partial charge is 0.353 e. The Morgan fingerprint density at radius 1 is 1.35 bits per heavy atom. The van der Waals surface area contributed by atoms with Gasteiger partial charge in [0.15, 0.2) is 0 Å². The minimum atomic E-state index is -0.150. The van der Waals surface area contributed by atoms with Crippen molar-refractivity contribution in [2.75, 3.05) is 13.1 Å². The lowest BCUT2D eigenvalue weighted by molar-refractivity contribution is -0.137. The molecule has 0 aliphatic carbocycles. The first kappa shape index (κ1) is 14.0. The molecule has 1 aliphatic rings. The number of rotatable bonds is 4. The summed E-state index contributed by atoms with van der Waals surface area (Å²) in [6, 6.07) is 0.150. The van der Waals surface area contributed by atoms with E-state index in [1.807, 2.05) is 18.7 Å². The highest BCUT2D eigenvalue weighted by Crippen LogP contribution is 2.16. The van der Waals surface area contributed by atoms with Gasteiger partial charge in [0.1, 0.15) is 6.42 Å². The van der Waals surface area contributed by atoms with Crippen molar-refractivity contribution in [3.05, 3.63) is 0 Å². The Morgan fingerprint density at radius 2 is 1.94 bits per heavy atom. The van der Waals surface area contributed by atoms with Crippen molar-refractivity contribution in [3.8, 4) is 0 Å². The van der Waals surface area contributed by atoms with Crippen LogP contribution in [-0.4, -0.2) is 35.8 Å². The van der Waals surface area contributed by atoms with Crippen LogP contribution in [0.5, 0.6) is 0 Å². The van der Waals surface area contributed by atoms with Crippen LogP contribution >= 0.6 is 0 Å². The summed E-state index contributed by atoms with van der Waals surface area (Å²) < 4.78 is 0. The fraction of sp³-hybridized carbons (Fsp3) is 0.846. The van der Waals surface area contributed by atoms with Gasteiger partial charge in [0, 0.05) is 19.1 Å². The first-order valence-corrected chi connectivity index (χ1v) is 6.60. The number of nitrogens with zero attached hydrogens (tertiary/aromatic N) is 1. The number of amides is 2. The lowest BCUT2D eigenvalue weighted by Gasteiger charge is -2.30. The zero-order chi connectivity index (χ0) is 12.8. The van der Waals surface area contributed by atoms with E-state index in [9.17, 15) is 9.59 Å². The normalized spacial score (nSPS) is 18.9. The molecule has 4 heteroatoms. The molecule has 1 rings (SSSR count). The fourth-order valence-electron chi connectivity index (χ4n) is 1.94. The summed E-state index contributed by atoms with van der Waals surface area (Å²) in [6.07, 6.45) is 3.00. The molecule has 0 spiro atoms. The first-order chi connectivity index (χ1) is 8.02. The Labute approximate surface area is 104 Å².